The molecule has 4 nitrogen and oxygen atoms in total. The standard InChI is InChI=1S/C46H52O4P2/c1-5-15-37(16-6-1)29-47-33-41-25-26-42(34-48-30-38-17-7-2-8-18-38)51(41)45-23-13-14-24-46(45)52-43(35-49-31-39-19-9-3-10-20-39)27-28-44(52)36-50-32-40-21-11-4-12-22-40/h1-24,41-44H,25-36H2/t41-,42-,43-,44-/m0/s1. The lowest BCUT2D eigenvalue weighted by Crippen LogP contribution is -2.33. The smallest absolute Gasteiger partial charge is 0.0717 e. The summed E-state index contributed by atoms with van der Waals surface area (Å²) in [6.45, 7) is 5.78. The Bertz CT molecular complexity index is 1500. The molecule has 0 amide bonds. The van der Waals surface area contributed by atoms with E-state index in [0.717, 1.165) is 26.4 Å². The van der Waals surface area contributed by atoms with E-state index in [9.17, 15) is 0 Å². The molecule has 5 aromatic carbocycles. The van der Waals surface area contributed by atoms with Crippen LogP contribution in [0, 0.1) is 0 Å². The summed E-state index contributed by atoms with van der Waals surface area (Å²) in [6, 6.07) is 51.8. The van der Waals surface area contributed by atoms with E-state index in [1.165, 1.54) is 47.9 Å². The highest BCUT2D eigenvalue weighted by Gasteiger charge is 2.43. The Morgan fingerprint density at radius 1 is 0.327 bits per heavy atom. The molecule has 0 bridgehead atoms. The molecule has 52 heavy (non-hydrogen) atoms. The van der Waals surface area contributed by atoms with Crippen molar-refractivity contribution in [1.29, 1.82) is 0 Å². The maximum absolute atomic E-state index is 6.52. The van der Waals surface area contributed by atoms with E-state index >= 15 is 0 Å². The first-order valence-corrected chi connectivity index (χ1v) is 21.9. The topological polar surface area (TPSA) is 36.9 Å². The minimum Gasteiger partial charge on any atom is -0.376 e. The van der Waals surface area contributed by atoms with Crippen LogP contribution >= 0.6 is 15.8 Å². The van der Waals surface area contributed by atoms with Gasteiger partial charge in [0, 0.05) is 22.6 Å². The summed E-state index contributed by atoms with van der Waals surface area (Å²) in [6.07, 6.45) is 4.72. The van der Waals surface area contributed by atoms with Crippen LogP contribution in [0.3, 0.4) is 0 Å². The summed E-state index contributed by atoms with van der Waals surface area (Å²) < 4.78 is 26.1. The first-order chi connectivity index (χ1) is 25.8. The van der Waals surface area contributed by atoms with Gasteiger partial charge in [-0.3, -0.25) is 0 Å². The monoisotopic (exact) mass is 730 g/mol. The second kappa shape index (κ2) is 19.8. The fourth-order valence-corrected chi connectivity index (χ4v) is 15.2. The summed E-state index contributed by atoms with van der Waals surface area (Å²) in [7, 11) is -1.03. The van der Waals surface area contributed by atoms with Gasteiger partial charge >= 0.3 is 0 Å². The zero-order chi connectivity index (χ0) is 35.2. The van der Waals surface area contributed by atoms with Crippen molar-refractivity contribution in [3.63, 3.8) is 0 Å². The molecular weight excluding hydrogens is 678 g/mol. The molecule has 7 rings (SSSR count). The zero-order valence-electron chi connectivity index (χ0n) is 30.2. The predicted octanol–water partition coefficient (Wildman–Crippen LogP) is 9.83. The van der Waals surface area contributed by atoms with Crippen molar-refractivity contribution in [2.45, 2.75) is 74.7 Å². The summed E-state index contributed by atoms with van der Waals surface area (Å²) in [5.41, 5.74) is 6.95. The van der Waals surface area contributed by atoms with Crippen molar-refractivity contribution in [2.24, 2.45) is 0 Å². The fourth-order valence-electron chi connectivity index (χ4n) is 7.81. The predicted molar refractivity (Wildman–Crippen MR) is 218 cm³/mol. The Balaban J connectivity index is 1.13. The van der Waals surface area contributed by atoms with Crippen LogP contribution in [0.4, 0.5) is 0 Å². The molecule has 2 aliphatic heterocycles. The highest BCUT2D eigenvalue weighted by molar-refractivity contribution is 7.73. The summed E-state index contributed by atoms with van der Waals surface area (Å²) in [5, 5.41) is 3.15. The molecule has 2 heterocycles. The lowest BCUT2D eigenvalue weighted by atomic mass is 10.2. The van der Waals surface area contributed by atoms with Crippen LogP contribution in [0.1, 0.15) is 47.9 Å². The van der Waals surface area contributed by atoms with Gasteiger partial charge in [0.15, 0.2) is 0 Å². The van der Waals surface area contributed by atoms with Crippen LogP contribution in [-0.2, 0) is 45.4 Å². The van der Waals surface area contributed by atoms with E-state index in [0.29, 0.717) is 49.1 Å². The van der Waals surface area contributed by atoms with Crippen LogP contribution in [0.15, 0.2) is 146 Å². The second-order valence-electron chi connectivity index (χ2n) is 14.1. The molecule has 0 spiro atoms. The molecule has 6 heteroatoms. The largest absolute Gasteiger partial charge is 0.376 e. The maximum atomic E-state index is 6.52. The van der Waals surface area contributed by atoms with E-state index < -0.39 is 15.8 Å². The van der Waals surface area contributed by atoms with E-state index in [1.807, 2.05) is 0 Å². The molecule has 0 saturated carbocycles. The third-order valence-corrected chi connectivity index (χ3v) is 17.2. The lowest BCUT2D eigenvalue weighted by molar-refractivity contribution is 0.118. The molecular formula is C46H52O4P2. The third kappa shape index (κ3) is 10.3. The van der Waals surface area contributed by atoms with Gasteiger partial charge in [-0.15, -0.1) is 0 Å². The van der Waals surface area contributed by atoms with Crippen LogP contribution in [0.2, 0.25) is 0 Å². The molecule has 0 radical (unpaired) electrons. The van der Waals surface area contributed by atoms with Crippen LogP contribution in [0.25, 0.3) is 0 Å². The minimum absolute atomic E-state index is 0.503. The quantitative estimate of drug-likeness (QED) is 0.0842. The normalized spacial score (nSPS) is 20.8. The Labute approximate surface area is 313 Å². The number of ether oxygens (including phenoxy) is 4. The van der Waals surface area contributed by atoms with Gasteiger partial charge in [-0.05, 0) is 58.5 Å². The molecule has 2 aliphatic rings. The number of hydrogen-bond donors (Lipinski definition) is 0. The highest BCUT2D eigenvalue weighted by atomic mass is 31.1. The van der Waals surface area contributed by atoms with Crippen molar-refractivity contribution in [3.05, 3.63) is 168 Å². The number of hydrogen-bond acceptors (Lipinski definition) is 4. The Morgan fingerprint density at radius 3 is 0.808 bits per heavy atom. The molecule has 0 aromatic heterocycles. The van der Waals surface area contributed by atoms with E-state index in [-0.39, 0.29) is 0 Å². The maximum Gasteiger partial charge on any atom is 0.0717 e. The van der Waals surface area contributed by atoms with Crippen LogP contribution in [0.5, 0.6) is 0 Å². The molecule has 270 valence electrons. The molecule has 5 aromatic rings. The van der Waals surface area contributed by atoms with E-state index in [4.69, 9.17) is 18.9 Å². The highest BCUT2D eigenvalue weighted by Crippen LogP contribution is 2.59. The second-order valence-corrected chi connectivity index (χ2v) is 19.6. The number of benzene rings is 5. The third-order valence-electron chi connectivity index (χ3n) is 10.4. The van der Waals surface area contributed by atoms with Crippen molar-refractivity contribution < 1.29 is 18.9 Å². The van der Waals surface area contributed by atoms with Gasteiger partial charge in [0.25, 0.3) is 0 Å². The minimum atomic E-state index is -0.517. The zero-order valence-corrected chi connectivity index (χ0v) is 32.0. The summed E-state index contributed by atoms with van der Waals surface area (Å²) in [5.74, 6) is 0. The van der Waals surface area contributed by atoms with Crippen molar-refractivity contribution in [3.8, 4) is 0 Å². The average molecular weight is 731 g/mol. The van der Waals surface area contributed by atoms with E-state index in [1.54, 1.807) is 10.6 Å². The average Bonchev–Trinajstić information content (AvgIpc) is 3.80. The fraction of sp³-hybridized carbons (Fsp3) is 0.348. The molecule has 0 N–H and O–H groups in total. The van der Waals surface area contributed by atoms with Gasteiger partial charge in [-0.25, -0.2) is 0 Å². The van der Waals surface area contributed by atoms with Crippen molar-refractivity contribution >= 4 is 26.5 Å². The molecule has 0 aliphatic carbocycles. The van der Waals surface area contributed by atoms with Crippen LogP contribution < -0.4 is 10.6 Å². The van der Waals surface area contributed by atoms with Crippen molar-refractivity contribution in [2.75, 3.05) is 26.4 Å². The Hall–Kier alpha value is -3.20. The summed E-state index contributed by atoms with van der Waals surface area (Å²) >= 11 is 0. The van der Waals surface area contributed by atoms with Crippen molar-refractivity contribution in [1.82, 2.24) is 0 Å². The summed E-state index contributed by atoms with van der Waals surface area (Å²) in [4.78, 5) is 0. The van der Waals surface area contributed by atoms with Gasteiger partial charge in [0.2, 0.25) is 0 Å². The van der Waals surface area contributed by atoms with Gasteiger partial charge in [0.1, 0.15) is 0 Å². The van der Waals surface area contributed by atoms with Gasteiger partial charge in [-0.2, -0.15) is 0 Å². The first kappa shape index (κ1) is 37.1. The molecule has 2 saturated heterocycles. The van der Waals surface area contributed by atoms with Gasteiger partial charge < -0.3 is 18.9 Å². The Kier molecular flexibility index (Phi) is 14.1. The first-order valence-electron chi connectivity index (χ1n) is 18.9. The SMILES string of the molecule is c1ccc(COC[C@@H]2CC[C@@H](COCc3ccccc3)P2c2ccccc2P2[C@H](COCc3ccccc3)CC[C@H]2COCc2ccccc2)cc1. The van der Waals surface area contributed by atoms with E-state index in [2.05, 4.69) is 146 Å². The molecule has 4 atom stereocenters. The Morgan fingerprint density at radius 2 is 0.558 bits per heavy atom. The lowest BCUT2D eigenvalue weighted by Gasteiger charge is -2.33. The molecule has 2 fully saturated rings. The number of rotatable bonds is 18. The molecule has 0 unspecified atom stereocenters. The van der Waals surface area contributed by atoms with Gasteiger partial charge in [-0.1, -0.05) is 161 Å². The van der Waals surface area contributed by atoms with Gasteiger partial charge in [0.05, 0.1) is 52.9 Å². The van der Waals surface area contributed by atoms with Crippen LogP contribution in [-0.4, -0.2) is 49.1 Å².